The maximum absolute atomic E-state index is 13.6. The lowest BCUT2D eigenvalue weighted by molar-refractivity contribution is -0.137. The Labute approximate surface area is 190 Å². The fraction of sp³-hybridized carbons (Fsp3) is 0.609. The van der Waals surface area contributed by atoms with E-state index >= 15 is 0 Å². The lowest BCUT2D eigenvalue weighted by Crippen LogP contribution is -2.48. The third kappa shape index (κ3) is 4.87. The number of alkyl halides is 3. The van der Waals surface area contributed by atoms with Crippen molar-refractivity contribution >= 4 is 17.6 Å². The van der Waals surface area contributed by atoms with E-state index in [1.54, 1.807) is 15.9 Å². The molecule has 178 valence electrons. The molecule has 1 saturated carbocycles. The lowest BCUT2D eigenvalue weighted by Gasteiger charge is -2.39. The summed E-state index contributed by atoms with van der Waals surface area (Å²) in [4.78, 5) is 28.8. The first kappa shape index (κ1) is 23.2. The molecule has 1 aliphatic carbocycles. The smallest absolute Gasteiger partial charge is 0.359 e. The van der Waals surface area contributed by atoms with Crippen LogP contribution in [0, 0.1) is 16.7 Å². The molecule has 10 heteroatoms. The first-order chi connectivity index (χ1) is 15.7. The molecule has 3 aliphatic rings. The minimum atomic E-state index is -4.66. The van der Waals surface area contributed by atoms with Crippen LogP contribution in [0.5, 0.6) is 0 Å². The fourth-order valence-corrected chi connectivity index (χ4v) is 4.94. The van der Waals surface area contributed by atoms with Crippen LogP contribution in [0.1, 0.15) is 50.2 Å². The van der Waals surface area contributed by atoms with Gasteiger partial charge in [0.1, 0.15) is 6.04 Å². The Morgan fingerprint density at radius 1 is 1.24 bits per heavy atom. The Morgan fingerprint density at radius 3 is 2.52 bits per heavy atom. The van der Waals surface area contributed by atoms with Gasteiger partial charge in [0.2, 0.25) is 5.91 Å². The van der Waals surface area contributed by atoms with Crippen molar-refractivity contribution in [3.63, 3.8) is 0 Å². The molecule has 1 atom stereocenters. The quantitative estimate of drug-likeness (QED) is 0.718. The number of nitrogens with zero attached hydrogens (tertiary/aromatic N) is 3. The van der Waals surface area contributed by atoms with E-state index in [1.165, 1.54) is 12.1 Å². The van der Waals surface area contributed by atoms with E-state index in [0.717, 1.165) is 18.9 Å². The summed E-state index contributed by atoms with van der Waals surface area (Å²) >= 11 is 0. The number of halogens is 3. The second-order valence-electron chi connectivity index (χ2n) is 9.29. The zero-order chi connectivity index (χ0) is 23.8. The van der Waals surface area contributed by atoms with Gasteiger partial charge in [-0.2, -0.15) is 18.4 Å². The van der Waals surface area contributed by atoms with Crippen molar-refractivity contribution in [3.8, 4) is 6.07 Å². The van der Waals surface area contributed by atoms with Gasteiger partial charge in [-0.3, -0.25) is 4.79 Å². The molecule has 0 aromatic heterocycles. The molecule has 1 unspecified atom stereocenters. The molecule has 2 N–H and O–H groups in total. The fourth-order valence-electron chi connectivity index (χ4n) is 4.94. The molecule has 0 bridgehead atoms. The predicted octanol–water partition coefficient (Wildman–Crippen LogP) is 3.25. The summed E-state index contributed by atoms with van der Waals surface area (Å²) in [5, 5.41) is 14.9. The van der Waals surface area contributed by atoms with E-state index in [4.69, 9.17) is 5.26 Å². The van der Waals surface area contributed by atoms with Gasteiger partial charge in [-0.25, -0.2) is 4.79 Å². The Kier molecular flexibility index (Phi) is 6.16. The van der Waals surface area contributed by atoms with E-state index in [0.29, 0.717) is 51.1 Å². The van der Waals surface area contributed by atoms with Crippen LogP contribution in [0.15, 0.2) is 18.2 Å². The number of hydrogen-bond donors (Lipinski definition) is 2. The Balaban J connectivity index is 1.60. The predicted molar refractivity (Wildman–Crippen MR) is 115 cm³/mol. The van der Waals surface area contributed by atoms with Gasteiger partial charge in [-0.15, -0.1) is 0 Å². The van der Waals surface area contributed by atoms with Crippen LogP contribution in [0.3, 0.4) is 0 Å². The van der Waals surface area contributed by atoms with E-state index < -0.39 is 23.3 Å². The standard InChI is InChI=1S/C23H28F3N5O2/c1-2-28-21(33)30-9-7-22(8-10-30)12-19(20(32)29-16-4-5-16)31(14-22)17-6-3-15(13-27)18(11-17)23(24,25)26/h3,6,11,16,19H,2,4-5,7-10,12,14H2,1H3,(H,28,33)(H,29,32). The maximum atomic E-state index is 13.6. The van der Waals surface area contributed by atoms with Crippen molar-refractivity contribution in [2.24, 2.45) is 5.41 Å². The number of nitrogens with one attached hydrogen (secondary N) is 2. The highest BCUT2D eigenvalue weighted by Crippen LogP contribution is 2.46. The lowest BCUT2D eigenvalue weighted by atomic mass is 9.76. The van der Waals surface area contributed by atoms with Crippen LogP contribution in [0.2, 0.25) is 0 Å². The Bertz CT molecular complexity index is 962. The number of carbonyl (C=O) groups excluding carboxylic acids is 2. The van der Waals surface area contributed by atoms with Crippen LogP contribution in [-0.2, 0) is 11.0 Å². The van der Waals surface area contributed by atoms with E-state index in [9.17, 15) is 22.8 Å². The summed E-state index contributed by atoms with van der Waals surface area (Å²) in [6, 6.07) is 4.70. The molecule has 1 aromatic carbocycles. The van der Waals surface area contributed by atoms with Crippen molar-refractivity contribution in [1.82, 2.24) is 15.5 Å². The number of amides is 3. The first-order valence-electron chi connectivity index (χ1n) is 11.4. The number of nitriles is 1. The van der Waals surface area contributed by atoms with Gasteiger partial charge in [0.25, 0.3) is 0 Å². The van der Waals surface area contributed by atoms with E-state index in [1.807, 2.05) is 6.92 Å². The molecule has 3 amide bonds. The molecule has 2 saturated heterocycles. The monoisotopic (exact) mass is 463 g/mol. The number of hydrogen-bond acceptors (Lipinski definition) is 4. The van der Waals surface area contributed by atoms with Gasteiger partial charge in [-0.1, -0.05) is 0 Å². The Hall–Kier alpha value is -2.96. The molecule has 0 radical (unpaired) electrons. The molecule has 33 heavy (non-hydrogen) atoms. The van der Waals surface area contributed by atoms with Crippen molar-refractivity contribution < 1.29 is 22.8 Å². The topological polar surface area (TPSA) is 88.5 Å². The molecule has 4 rings (SSSR count). The largest absolute Gasteiger partial charge is 0.417 e. The van der Waals surface area contributed by atoms with Gasteiger partial charge in [0.15, 0.2) is 0 Å². The number of urea groups is 1. The number of piperidine rings is 1. The summed E-state index contributed by atoms with van der Waals surface area (Å²) in [6.45, 7) is 3.91. The van der Waals surface area contributed by atoms with Gasteiger partial charge in [0, 0.05) is 37.9 Å². The van der Waals surface area contributed by atoms with Crippen LogP contribution >= 0.6 is 0 Å². The van der Waals surface area contributed by atoms with E-state index in [-0.39, 0.29) is 23.4 Å². The Morgan fingerprint density at radius 2 is 1.94 bits per heavy atom. The number of carbonyl (C=O) groups is 2. The van der Waals surface area contributed by atoms with Gasteiger partial charge in [0.05, 0.1) is 17.2 Å². The van der Waals surface area contributed by atoms with Crippen LogP contribution in [0.4, 0.5) is 23.7 Å². The van der Waals surface area contributed by atoms with Crippen LogP contribution in [-0.4, -0.2) is 55.1 Å². The summed E-state index contributed by atoms with van der Waals surface area (Å²) in [5.74, 6) is -0.168. The minimum Gasteiger partial charge on any atom is -0.359 e. The van der Waals surface area contributed by atoms with Gasteiger partial charge >= 0.3 is 12.2 Å². The van der Waals surface area contributed by atoms with Crippen molar-refractivity contribution in [2.75, 3.05) is 31.1 Å². The van der Waals surface area contributed by atoms with Crippen molar-refractivity contribution in [1.29, 1.82) is 5.26 Å². The second kappa shape index (κ2) is 8.76. The summed E-state index contributed by atoms with van der Waals surface area (Å²) in [6.07, 6.45) is -0.953. The highest BCUT2D eigenvalue weighted by atomic mass is 19.4. The molecule has 7 nitrogen and oxygen atoms in total. The first-order valence-corrected chi connectivity index (χ1v) is 11.4. The average Bonchev–Trinajstić information content (AvgIpc) is 3.52. The molecule has 2 aliphatic heterocycles. The summed E-state index contributed by atoms with van der Waals surface area (Å²) < 4.78 is 40.7. The summed E-state index contributed by atoms with van der Waals surface area (Å²) in [5.41, 5.74) is -1.40. The molecular formula is C23H28F3N5O2. The highest BCUT2D eigenvalue weighted by molar-refractivity contribution is 5.87. The molecule has 1 aromatic rings. The number of likely N-dealkylation sites (tertiary alicyclic amines) is 1. The normalized spacial score (nSPS) is 22.2. The second-order valence-corrected chi connectivity index (χ2v) is 9.29. The SMILES string of the molecule is CCNC(=O)N1CCC2(CC1)CC(C(=O)NC1CC1)N(c1ccc(C#N)c(C(F)(F)F)c1)C2. The van der Waals surface area contributed by atoms with Crippen LogP contribution < -0.4 is 15.5 Å². The number of benzene rings is 1. The highest BCUT2D eigenvalue weighted by Gasteiger charge is 2.49. The average molecular weight is 464 g/mol. The van der Waals surface area contributed by atoms with Gasteiger partial charge in [-0.05, 0) is 62.6 Å². The molecule has 2 heterocycles. The third-order valence-electron chi connectivity index (χ3n) is 6.93. The molecule has 3 fully saturated rings. The maximum Gasteiger partial charge on any atom is 0.417 e. The summed E-state index contributed by atoms with van der Waals surface area (Å²) in [7, 11) is 0. The van der Waals surface area contributed by atoms with Crippen LogP contribution in [0.25, 0.3) is 0 Å². The zero-order valence-electron chi connectivity index (χ0n) is 18.5. The third-order valence-corrected chi connectivity index (χ3v) is 6.93. The molecular weight excluding hydrogens is 435 g/mol. The minimum absolute atomic E-state index is 0.118. The van der Waals surface area contributed by atoms with Crippen molar-refractivity contribution in [2.45, 2.75) is 57.3 Å². The van der Waals surface area contributed by atoms with Crippen molar-refractivity contribution in [3.05, 3.63) is 29.3 Å². The number of anilines is 1. The number of rotatable bonds is 4. The van der Waals surface area contributed by atoms with Gasteiger partial charge < -0.3 is 20.4 Å². The van der Waals surface area contributed by atoms with E-state index in [2.05, 4.69) is 10.6 Å². The zero-order valence-corrected chi connectivity index (χ0v) is 18.5. The molecule has 1 spiro atoms.